The van der Waals surface area contributed by atoms with Crippen molar-refractivity contribution in [1.82, 2.24) is 0 Å². The second kappa shape index (κ2) is 12.4. The predicted molar refractivity (Wildman–Crippen MR) is 255 cm³/mol. The summed E-state index contributed by atoms with van der Waals surface area (Å²) in [5.41, 5.74) is 12.4. The van der Waals surface area contributed by atoms with Crippen molar-refractivity contribution >= 4 is 87.0 Å². The van der Waals surface area contributed by atoms with E-state index in [0.29, 0.717) is 0 Å². The average molecular weight is 765 g/mol. The maximum Gasteiger partial charge on any atom is 0.0491 e. The molecule has 1 aliphatic carbocycles. The van der Waals surface area contributed by atoms with Gasteiger partial charge in [-0.25, -0.2) is 0 Å². The number of fused-ring (bicyclic) bond motifs is 13. The summed E-state index contributed by atoms with van der Waals surface area (Å²) in [7, 11) is 0. The molecule has 0 saturated heterocycles. The molecule has 12 aromatic rings. The molecule has 0 fully saturated rings. The Balaban J connectivity index is 1.20. The summed E-state index contributed by atoms with van der Waals surface area (Å²) in [5, 5.41) is 18.1. The van der Waals surface area contributed by atoms with E-state index in [0.717, 1.165) is 21.5 Å². The summed E-state index contributed by atoms with van der Waals surface area (Å²) in [4.78, 5) is 0. The summed E-state index contributed by atoms with van der Waals surface area (Å²) in [5.74, 6) is 0. The Morgan fingerprint density at radius 3 is 1.49 bits per heavy atom. The van der Waals surface area contributed by atoms with E-state index in [1.54, 1.807) is 0 Å². The fourth-order valence-corrected chi connectivity index (χ4v) is 10.8. The molecule has 12 aromatic carbocycles. The van der Waals surface area contributed by atoms with Crippen LogP contribution in [0.2, 0.25) is 5.02 Å². The highest BCUT2D eigenvalue weighted by atomic mass is 35.5. The van der Waals surface area contributed by atoms with E-state index in [9.17, 15) is 0 Å². The van der Waals surface area contributed by atoms with Crippen LogP contribution in [-0.2, 0) is 0 Å². The quantitative estimate of drug-likeness (QED) is 0.157. The number of hydrogen-bond donors (Lipinski definition) is 0. The Kier molecular flexibility index (Phi) is 6.88. The average Bonchev–Trinajstić information content (AvgIpc) is 3.62. The van der Waals surface area contributed by atoms with Crippen molar-refractivity contribution in [3.63, 3.8) is 0 Å². The van der Waals surface area contributed by atoms with E-state index in [2.05, 4.69) is 200 Å². The maximum atomic E-state index is 7.31. The number of benzene rings is 12. The molecule has 0 nitrogen and oxygen atoms in total. The fourth-order valence-electron chi connectivity index (χ4n) is 10.5. The van der Waals surface area contributed by atoms with Gasteiger partial charge in [-0.05, 0) is 150 Å². The Bertz CT molecular complexity index is 3770. The highest BCUT2D eigenvalue weighted by molar-refractivity contribution is 6.37. The molecule has 0 atom stereocenters. The molecule has 0 spiro atoms. The lowest BCUT2D eigenvalue weighted by Gasteiger charge is -2.22. The molecule has 59 heavy (non-hydrogen) atoms. The fraction of sp³-hybridized carbons (Fsp3) is 0. The SMILES string of the molecule is Clc1cc2ccc3c(ccc4c(-c5ccccc5)c5c(c(-c6ccccc6)c43)-c3cccc4c3c-5cc3ccccc34)c2cc1-c1cc2ccccc2c2ccccc12. The third-order valence-electron chi connectivity index (χ3n) is 13.0. The lowest BCUT2D eigenvalue weighted by atomic mass is 9.80. The van der Waals surface area contributed by atoms with Crippen LogP contribution in [0.5, 0.6) is 0 Å². The molecule has 0 aliphatic heterocycles. The molecule has 0 unspecified atom stereocenters. The molecular weight excluding hydrogens is 732 g/mol. The van der Waals surface area contributed by atoms with Crippen molar-refractivity contribution < 1.29 is 0 Å². The first-order valence-electron chi connectivity index (χ1n) is 20.4. The highest BCUT2D eigenvalue weighted by Crippen LogP contribution is 2.59. The van der Waals surface area contributed by atoms with Crippen molar-refractivity contribution in [2.75, 3.05) is 0 Å². The molecule has 0 N–H and O–H groups in total. The van der Waals surface area contributed by atoms with Crippen LogP contribution in [-0.4, -0.2) is 0 Å². The summed E-state index contributed by atoms with van der Waals surface area (Å²) >= 11 is 7.31. The number of halogens is 1. The number of rotatable bonds is 3. The van der Waals surface area contributed by atoms with E-state index in [1.165, 1.54) is 115 Å². The van der Waals surface area contributed by atoms with E-state index >= 15 is 0 Å². The topological polar surface area (TPSA) is 0 Å². The smallest absolute Gasteiger partial charge is 0.0491 e. The first-order valence-corrected chi connectivity index (χ1v) is 20.7. The van der Waals surface area contributed by atoms with Gasteiger partial charge in [0.15, 0.2) is 0 Å². The Morgan fingerprint density at radius 2 is 0.746 bits per heavy atom. The molecule has 1 aliphatic rings. The van der Waals surface area contributed by atoms with Gasteiger partial charge in [0, 0.05) is 10.6 Å². The predicted octanol–water partition coefficient (Wildman–Crippen LogP) is 17.1. The standard InChI is InChI=1S/C58H33Cl/c59-52-32-38-26-27-45-43(48(38)33-50(52)49-30-36-18-7-9-20-39(36)41-22-11-12-23-42(41)49)28-29-47-53(34-14-3-1-4-15-34)58-51-31-37-19-8-10-21-40(37)44-24-13-25-46(55(44)51)57(58)54(56(45)47)35-16-5-2-6-17-35/h1-33H. The summed E-state index contributed by atoms with van der Waals surface area (Å²) in [6, 6.07) is 73.9. The monoisotopic (exact) mass is 764 g/mol. The molecular formula is C58H33Cl. The minimum Gasteiger partial charge on any atom is -0.0836 e. The van der Waals surface area contributed by atoms with Gasteiger partial charge in [-0.3, -0.25) is 0 Å². The van der Waals surface area contributed by atoms with Crippen molar-refractivity contribution in [2.45, 2.75) is 0 Å². The zero-order valence-corrected chi connectivity index (χ0v) is 32.7. The maximum absolute atomic E-state index is 7.31. The molecule has 0 amide bonds. The van der Waals surface area contributed by atoms with Crippen molar-refractivity contribution in [2.24, 2.45) is 0 Å². The first kappa shape index (κ1) is 32.8. The third kappa shape index (κ3) is 4.61. The summed E-state index contributed by atoms with van der Waals surface area (Å²) in [6.45, 7) is 0. The van der Waals surface area contributed by atoms with Crippen LogP contribution < -0.4 is 0 Å². The van der Waals surface area contributed by atoms with Gasteiger partial charge in [0.25, 0.3) is 0 Å². The van der Waals surface area contributed by atoms with Crippen LogP contribution in [0.4, 0.5) is 0 Å². The lowest BCUT2D eigenvalue weighted by Crippen LogP contribution is -1.95. The van der Waals surface area contributed by atoms with Gasteiger partial charge in [0.2, 0.25) is 0 Å². The van der Waals surface area contributed by atoms with Crippen molar-refractivity contribution in [1.29, 1.82) is 0 Å². The molecule has 0 heterocycles. The van der Waals surface area contributed by atoms with E-state index in [1.807, 2.05) is 0 Å². The van der Waals surface area contributed by atoms with Gasteiger partial charge >= 0.3 is 0 Å². The van der Waals surface area contributed by atoms with Crippen molar-refractivity contribution in [3.8, 4) is 55.6 Å². The van der Waals surface area contributed by atoms with E-state index < -0.39 is 0 Å². The second-order valence-corrected chi connectivity index (χ2v) is 16.4. The van der Waals surface area contributed by atoms with Crippen LogP contribution >= 0.6 is 11.6 Å². The lowest BCUT2D eigenvalue weighted by molar-refractivity contribution is 1.63. The zero-order chi connectivity index (χ0) is 38.8. The summed E-state index contributed by atoms with van der Waals surface area (Å²) in [6.07, 6.45) is 0. The molecule has 13 rings (SSSR count). The van der Waals surface area contributed by atoms with Crippen molar-refractivity contribution in [3.05, 3.63) is 205 Å². The van der Waals surface area contributed by atoms with Crippen LogP contribution in [0.15, 0.2) is 200 Å². The third-order valence-corrected chi connectivity index (χ3v) is 13.3. The van der Waals surface area contributed by atoms with Gasteiger partial charge in [-0.15, -0.1) is 0 Å². The van der Waals surface area contributed by atoms with Gasteiger partial charge in [0.1, 0.15) is 0 Å². The van der Waals surface area contributed by atoms with Crippen LogP contribution in [0.1, 0.15) is 0 Å². The van der Waals surface area contributed by atoms with Crippen LogP contribution in [0, 0.1) is 0 Å². The van der Waals surface area contributed by atoms with Gasteiger partial charge in [0.05, 0.1) is 0 Å². The minimum atomic E-state index is 0.755. The second-order valence-electron chi connectivity index (χ2n) is 16.0. The van der Waals surface area contributed by atoms with Gasteiger partial charge in [-0.2, -0.15) is 0 Å². The Hall–Kier alpha value is -7.25. The Labute approximate surface area is 346 Å². The molecule has 0 bridgehead atoms. The first-order chi connectivity index (χ1) is 29.2. The minimum absolute atomic E-state index is 0.755. The largest absolute Gasteiger partial charge is 0.0836 e. The molecule has 0 radical (unpaired) electrons. The van der Waals surface area contributed by atoms with Gasteiger partial charge in [-0.1, -0.05) is 188 Å². The zero-order valence-electron chi connectivity index (χ0n) is 31.9. The molecule has 272 valence electrons. The normalized spacial score (nSPS) is 12.2. The molecule has 0 aromatic heterocycles. The highest BCUT2D eigenvalue weighted by Gasteiger charge is 2.32. The van der Waals surface area contributed by atoms with Crippen LogP contribution in [0.25, 0.3) is 131 Å². The summed E-state index contributed by atoms with van der Waals surface area (Å²) < 4.78 is 0. The van der Waals surface area contributed by atoms with E-state index in [4.69, 9.17) is 11.6 Å². The van der Waals surface area contributed by atoms with Crippen LogP contribution in [0.3, 0.4) is 0 Å². The number of hydrogen-bond acceptors (Lipinski definition) is 0. The van der Waals surface area contributed by atoms with E-state index in [-0.39, 0.29) is 0 Å². The van der Waals surface area contributed by atoms with Gasteiger partial charge < -0.3 is 0 Å². The Morgan fingerprint density at radius 1 is 0.237 bits per heavy atom. The molecule has 0 saturated carbocycles. The molecule has 1 heteroatoms.